The molecule has 6 rings (SSSR count). The van der Waals surface area contributed by atoms with Crippen LogP contribution in [-0.4, -0.2) is 61.6 Å². The molecule has 0 aliphatic carbocycles. The summed E-state index contributed by atoms with van der Waals surface area (Å²) < 4.78 is 44.4. The fourth-order valence-corrected chi connectivity index (χ4v) is 4.97. The molecular weight excluding hydrogens is 483 g/mol. The third kappa shape index (κ3) is 4.62. The molecule has 5 heterocycles. The number of hydrogen-bond donors (Lipinski definition) is 1. The first-order valence-corrected chi connectivity index (χ1v) is 12.1. The van der Waals surface area contributed by atoms with Crippen LogP contribution in [0.5, 0.6) is 0 Å². The third-order valence-electron chi connectivity index (χ3n) is 6.83. The van der Waals surface area contributed by atoms with Crippen LogP contribution in [0.4, 0.5) is 24.7 Å². The summed E-state index contributed by atoms with van der Waals surface area (Å²) in [6.07, 6.45) is 7.85. The van der Waals surface area contributed by atoms with E-state index in [2.05, 4.69) is 20.1 Å². The Labute approximate surface area is 210 Å². The van der Waals surface area contributed by atoms with Gasteiger partial charge in [-0.2, -0.15) is 0 Å². The van der Waals surface area contributed by atoms with E-state index in [-0.39, 0.29) is 24.6 Å². The summed E-state index contributed by atoms with van der Waals surface area (Å²) in [6.45, 7) is 1.36. The van der Waals surface area contributed by atoms with Gasteiger partial charge in [0.15, 0.2) is 11.5 Å². The number of nitrogens with zero attached hydrogens (tertiary/aromatic N) is 7. The molecule has 190 valence electrons. The van der Waals surface area contributed by atoms with Gasteiger partial charge in [-0.15, -0.1) is 5.10 Å². The Bertz CT molecular complexity index is 1460. The van der Waals surface area contributed by atoms with Crippen LogP contribution in [-0.2, 0) is 0 Å². The molecule has 11 heteroatoms. The minimum Gasteiger partial charge on any atom is -0.391 e. The highest BCUT2D eigenvalue weighted by Crippen LogP contribution is 2.38. The molecule has 0 spiro atoms. The van der Waals surface area contributed by atoms with E-state index in [1.165, 1.54) is 0 Å². The summed E-state index contributed by atoms with van der Waals surface area (Å²) in [4.78, 5) is 16.8. The number of rotatable bonds is 5. The van der Waals surface area contributed by atoms with Crippen molar-refractivity contribution in [2.75, 3.05) is 29.4 Å². The number of anilines is 2. The van der Waals surface area contributed by atoms with E-state index < -0.39 is 23.8 Å². The Balaban J connectivity index is 1.26. The van der Waals surface area contributed by atoms with Gasteiger partial charge < -0.3 is 14.9 Å². The van der Waals surface area contributed by atoms with Crippen molar-refractivity contribution >= 4 is 29.3 Å². The van der Waals surface area contributed by atoms with Crippen molar-refractivity contribution in [2.45, 2.75) is 31.2 Å². The molecular formula is C26H24F3N7O. The molecule has 2 aliphatic heterocycles. The molecule has 1 N–H and O–H groups in total. The molecule has 0 radical (unpaired) electrons. The lowest BCUT2D eigenvalue weighted by molar-refractivity contribution is 0.198. The zero-order chi connectivity index (χ0) is 25.5. The normalized spacial score (nSPS) is 22.1. The molecule has 1 aromatic carbocycles. The SMILES string of the molecule is O[C@H]1CCN(c2cnc(/C=C/c3cnc4ccc(N5C[C@@H](F)C[C@@H]5c5cc(F)ccc5F)nn34)nc2)C1. The van der Waals surface area contributed by atoms with E-state index in [0.29, 0.717) is 29.5 Å². The monoisotopic (exact) mass is 507 g/mol. The number of alkyl halides is 1. The van der Waals surface area contributed by atoms with Gasteiger partial charge in [0.1, 0.15) is 23.6 Å². The van der Waals surface area contributed by atoms with E-state index in [1.807, 2.05) is 4.90 Å². The number of benzene rings is 1. The highest BCUT2D eigenvalue weighted by atomic mass is 19.1. The Hall–Kier alpha value is -3.99. The fraction of sp³-hybridized carbons (Fsp3) is 0.308. The first kappa shape index (κ1) is 23.4. The maximum absolute atomic E-state index is 14.5. The van der Waals surface area contributed by atoms with E-state index in [0.717, 1.165) is 36.9 Å². The third-order valence-corrected chi connectivity index (χ3v) is 6.83. The lowest BCUT2D eigenvalue weighted by atomic mass is 10.0. The van der Waals surface area contributed by atoms with Gasteiger partial charge in [-0.25, -0.2) is 32.6 Å². The molecule has 37 heavy (non-hydrogen) atoms. The van der Waals surface area contributed by atoms with Gasteiger partial charge in [-0.1, -0.05) is 0 Å². The van der Waals surface area contributed by atoms with E-state index in [9.17, 15) is 18.3 Å². The minimum atomic E-state index is -1.20. The molecule has 0 unspecified atom stereocenters. The highest BCUT2D eigenvalue weighted by Gasteiger charge is 2.36. The molecule has 0 amide bonds. The summed E-state index contributed by atoms with van der Waals surface area (Å²) in [5, 5.41) is 14.4. The lowest BCUT2D eigenvalue weighted by Crippen LogP contribution is -2.26. The van der Waals surface area contributed by atoms with Gasteiger partial charge in [0, 0.05) is 25.1 Å². The van der Waals surface area contributed by atoms with Crippen LogP contribution < -0.4 is 9.80 Å². The molecule has 3 atom stereocenters. The van der Waals surface area contributed by atoms with Crippen LogP contribution in [0.1, 0.15) is 36.0 Å². The zero-order valence-electron chi connectivity index (χ0n) is 19.8. The van der Waals surface area contributed by atoms with Gasteiger partial charge in [0.25, 0.3) is 0 Å². The predicted octanol–water partition coefficient (Wildman–Crippen LogP) is 3.83. The molecule has 3 aromatic heterocycles. The Morgan fingerprint density at radius 3 is 2.59 bits per heavy atom. The van der Waals surface area contributed by atoms with Crippen LogP contribution in [0.2, 0.25) is 0 Å². The molecule has 0 bridgehead atoms. The summed E-state index contributed by atoms with van der Waals surface area (Å²) in [5.41, 5.74) is 2.20. The summed E-state index contributed by atoms with van der Waals surface area (Å²) in [5.74, 6) is -0.222. The maximum atomic E-state index is 14.5. The molecule has 2 aliphatic rings. The van der Waals surface area contributed by atoms with Crippen molar-refractivity contribution in [3.63, 3.8) is 0 Å². The predicted molar refractivity (Wildman–Crippen MR) is 133 cm³/mol. The molecule has 2 saturated heterocycles. The first-order valence-electron chi connectivity index (χ1n) is 12.1. The Morgan fingerprint density at radius 2 is 1.81 bits per heavy atom. The number of aliphatic hydroxyl groups is 1. The van der Waals surface area contributed by atoms with Crippen molar-refractivity contribution in [1.82, 2.24) is 24.6 Å². The number of fused-ring (bicyclic) bond motifs is 1. The number of β-amino-alcohol motifs (C(OH)–C–C–N with tert-alkyl or cyclic N) is 1. The molecule has 0 saturated carbocycles. The maximum Gasteiger partial charge on any atom is 0.154 e. The summed E-state index contributed by atoms with van der Waals surface area (Å²) in [6, 6.07) is 6.00. The van der Waals surface area contributed by atoms with E-state index in [4.69, 9.17) is 0 Å². The molecule has 2 fully saturated rings. The van der Waals surface area contributed by atoms with E-state index in [1.54, 1.807) is 52.3 Å². The summed E-state index contributed by atoms with van der Waals surface area (Å²) in [7, 11) is 0. The Kier molecular flexibility index (Phi) is 5.99. The van der Waals surface area contributed by atoms with Gasteiger partial charge in [-0.3, -0.25) is 0 Å². The molecule has 8 nitrogen and oxygen atoms in total. The van der Waals surface area contributed by atoms with Crippen molar-refractivity contribution in [3.05, 3.63) is 77.6 Å². The van der Waals surface area contributed by atoms with Gasteiger partial charge in [0.05, 0.1) is 48.7 Å². The van der Waals surface area contributed by atoms with E-state index >= 15 is 0 Å². The van der Waals surface area contributed by atoms with Crippen LogP contribution in [0.25, 0.3) is 17.8 Å². The van der Waals surface area contributed by atoms with Crippen molar-refractivity contribution in [3.8, 4) is 0 Å². The van der Waals surface area contributed by atoms with Crippen molar-refractivity contribution in [2.24, 2.45) is 0 Å². The van der Waals surface area contributed by atoms with Crippen molar-refractivity contribution < 1.29 is 18.3 Å². The highest BCUT2D eigenvalue weighted by molar-refractivity contribution is 5.67. The number of aliphatic hydroxyl groups excluding tert-OH is 1. The largest absolute Gasteiger partial charge is 0.391 e. The van der Waals surface area contributed by atoms with Crippen LogP contribution >= 0.6 is 0 Å². The van der Waals surface area contributed by atoms with Gasteiger partial charge in [-0.05, 0) is 48.9 Å². The second kappa shape index (κ2) is 9.47. The van der Waals surface area contributed by atoms with Crippen LogP contribution in [0.3, 0.4) is 0 Å². The standard InChI is InChI=1S/C26H24F3N7O/c27-16-1-3-22(29)21(9-16)23-10-17(28)14-35(23)26-6-5-25-32-11-18(36(25)33-26)2-4-24-30-12-19(13-31-24)34-8-7-20(37)15-34/h1-6,9,11-13,17,20,23,37H,7-8,10,14-15H2/b4-2+/t17-,20-,23+/m0/s1. The number of hydrogen-bond acceptors (Lipinski definition) is 7. The summed E-state index contributed by atoms with van der Waals surface area (Å²) >= 11 is 0. The molecule has 4 aromatic rings. The first-order chi connectivity index (χ1) is 17.9. The second-order valence-electron chi connectivity index (χ2n) is 9.33. The second-order valence-corrected chi connectivity index (χ2v) is 9.33. The number of halogens is 3. The lowest BCUT2D eigenvalue weighted by Gasteiger charge is -2.26. The quantitative estimate of drug-likeness (QED) is 0.440. The zero-order valence-corrected chi connectivity index (χ0v) is 19.8. The van der Waals surface area contributed by atoms with Crippen molar-refractivity contribution in [1.29, 1.82) is 0 Å². The van der Waals surface area contributed by atoms with Gasteiger partial charge in [0.2, 0.25) is 0 Å². The fourth-order valence-electron chi connectivity index (χ4n) is 4.97. The van der Waals surface area contributed by atoms with Crippen LogP contribution in [0, 0.1) is 11.6 Å². The number of imidazole rings is 1. The average Bonchev–Trinajstić information content (AvgIpc) is 3.62. The average molecular weight is 508 g/mol. The Morgan fingerprint density at radius 1 is 0.973 bits per heavy atom. The smallest absolute Gasteiger partial charge is 0.154 e. The number of aromatic nitrogens is 5. The topological polar surface area (TPSA) is 82.7 Å². The van der Waals surface area contributed by atoms with Crippen LogP contribution in [0.15, 0.2) is 48.9 Å². The minimum absolute atomic E-state index is 0.0211. The van der Waals surface area contributed by atoms with Gasteiger partial charge >= 0.3 is 0 Å².